The maximum atomic E-state index is 2.47. The van der Waals surface area contributed by atoms with Gasteiger partial charge in [0.25, 0.3) is 0 Å². The van der Waals surface area contributed by atoms with Crippen LogP contribution in [0.3, 0.4) is 0 Å². The lowest BCUT2D eigenvalue weighted by atomic mass is 9.86. The van der Waals surface area contributed by atoms with Crippen molar-refractivity contribution in [2.24, 2.45) is 0 Å². The minimum atomic E-state index is 0.270. The maximum absolute atomic E-state index is 2.47. The van der Waals surface area contributed by atoms with Gasteiger partial charge < -0.3 is 9.47 Å². The molecule has 11 aromatic rings. The second-order valence-corrected chi connectivity index (χ2v) is 20.2. The number of hydrogen-bond acceptors (Lipinski definition) is 1. The fraction of sp³-hybridized carbons (Fsp3) is 0.111. The van der Waals surface area contributed by atoms with Crippen LogP contribution in [0.15, 0.2) is 237 Å². The highest BCUT2D eigenvalue weighted by molar-refractivity contribution is 6.16. The Bertz CT molecular complexity index is 4010. The molecule has 0 amide bonds. The van der Waals surface area contributed by atoms with E-state index in [9.17, 15) is 0 Å². The first-order valence-electron chi connectivity index (χ1n) is 26.5. The summed E-state index contributed by atoms with van der Waals surface area (Å²) in [5, 5.41) is 2.54. The van der Waals surface area contributed by atoms with Crippen LogP contribution in [0, 0.1) is 6.92 Å². The average molecular weight is 951 g/mol. The second-order valence-electron chi connectivity index (χ2n) is 20.2. The highest BCUT2D eigenvalue weighted by Crippen LogP contribution is 2.53. The van der Waals surface area contributed by atoms with Crippen molar-refractivity contribution in [1.29, 1.82) is 0 Å². The molecule has 0 saturated heterocycles. The summed E-state index contributed by atoms with van der Waals surface area (Å²) in [7, 11) is 0. The van der Waals surface area contributed by atoms with E-state index in [4.69, 9.17) is 0 Å². The molecule has 0 aliphatic heterocycles. The van der Waals surface area contributed by atoms with Gasteiger partial charge in [-0.15, -0.1) is 0 Å². The van der Waals surface area contributed by atoms with E-state index in [1.165, 1.54) is 122 Å². The average Bonchev–Trinajstić information content (AvgIpc) is 4.14. The summed E-state index contributed by atoms with van der Waals surface area (Å²) in [4.78, 5) is 2.43. The molecule has 2 nitrogen and oxygen atoms in total. The molecule has 1 atom stereocenters. The lowest BCUT2D eigenvalue weighted by molar-refractivity contribution is 0.960. The molecule has 0 radical (unpaired) electrons. The lowest BCUT2D eigenvalue weighted by Crippen LogP contribution is -2.10. The highest BCUT2D eigenvalue weighted by Gasteiger charge is 2.32. The molecule has 0 saturated carbocycles. The summed E-state index contributed by atoms with van der Waals surface area (Å²) in [6.07, 6.45) is 9.72. The van der Waals surface area contributed by atoms with Gasteiger partial charge in [-0.2, -0.15) is 0 Å². The molecule has 0 spiro atoms. The van der Waals surface area contributed by atoms with Gasteiger partial charge in [0.2, 0.25) is 0 Å². The number of aromatic nitrogens is 1. The Morgan fingerprint density at radius 3 is 1.73 bits per heavy atom. The Morgan fingerprint density at radius 2 is 1.00 bits per heavy atom. The molecule has 1 unspecified atom stereocenters. The molecule has 10 aromatic carbocycles. The molecule has 356 valence electrons. The van der Waals surface area contributed by atoms with Crippen LogP contribution in [0.2, 0.25) is 0 Å². The Morgan fingerprint density at radius 1 is 0.459 bits per heavy atom. The number of nitrogens with zero attached hydrogens (tertiary/aromatic N) is 2. The second kappa shape index (κ2) is 18.7. The molecule has 1 heterocycles. The topological polar surface area (TPSA) is 8.17 Å². The summed E-state index contributed by atoms with van der Waals surface area (Å²) in [6.45, 7) is 9.05. The number of anilines is 3. The first-order valence-corrected chi connectivity index (χ1v) is 26.5. The van der Waals surface area contributed by atoms with Crippen molar-refractivity contribution in [1.82, 2.24) is 4.57 Å². The number of benzene rings is 10. The first kappa shape index (κ1) is 45.2. The minimum Gasteiger partial charge on any atom is -0.310 e. The van der Waals surface area contributed by atoms with E-state index in [1.807, 2.05) is 0 Å². The van der Waals surface area contributed by atoms with Crippen LogP contribution >= 0.6 is 0 Å². The Kier molecular flexibility index (Phi) is 11.4. The SMILES string of the molecule is CC/C=C\C(=C/CC)n1c2ccccc2c2c(-c3ccc(N(c4ccc(-c5ccccc5)cc4)c4ccc5c(c4)Cc4cc(-c6cccc7c6C(C)c6c(-c8ccccc8C)cccc6-7)ccc4-5)cc3)cccc21. The Labute approximate surface area is 435 Å². The zero-order chi connectivity index (χ0) is 49.9. The summed E-state index contributed by atoms with van der Waals surface area (Å²) in [5.74, 6) is 0.270. The number of para-hydroxylation sites is 1. The zero-order valence-electron chi connectivity index (χ0n) is 42.6. The van der Waals surface area contributed by atoms with Gasteiger partial charge in [-0.25, -0.2) is 0 Å². The van der Waals surface area contributed by atoms with Crippen molar-refractivity contribution in [2.45, 2.75) is 52.9 Å². The number of aryl methyl sites for hydroxylation is 1. The fourth-order valence-electron chi connectivity index (χ4n) is 12.4. The minimum absolute atomic E-state index is 0.270. The highest BCUT2D eigenvalue weighted by atomic mass is 15.1. The predicted molar refractivity (Wildman–Crippen MR) is 316 cm³/mol. The van der Waals surface area contributed by atoms with Crippen molar-refractivity contribution in [3.8, 4) is 66.8 Å². The Hall–Kier alpha value is -8.72. The molecule has 0 N–H and O–H groups in total. The molecule has 13 rings (SSSR count). The van der Waals surface area contributed by atoms with Gasteiger partial charge >= 0.3 is 0 Å². The monoisotopic (exact) mass is 950 g/mol. The molecule has 0 fully saturated rings. The molecule has 74 heavy (non-hydrogen) atoms. The van der Waals surface area contributed by atoms with Crippen molar-refractivity contribution >= 4 is 44.6 Å². The quantitative estimate of drug-likeness (QED) is 0.117. The van der Waals surface area contributed by atoms with Crippen molar-refractivity contribution in [3.63, 3.8) is 0 Å². The van der Waals surface area contributed by atoms with E-state index >= 15 is 0 Å². The first-order chi connectivity index (χ1) is 36.5. The van der Waals surface area contributed by atoms with Crippen LogP contribution in [0.5, 0.6) is 0 Å². The van der Waals surface area contributed by atoms with Crippen LogP contribution in [-0.4, -0.2) is 4.57 Å². The summed E-state index contributed by atoms with van der Waals surface area (Å²) in [6, 6.07) is 81.6. The van der Waals surface area contributed by atoms with Crippen molar-refractivity contribution in [2.75, 3.05) is 4.90 Å². The smallest absolute Gasteiger partial charge is 0.0547 e. The van der Waals surface area contributed by atoms with E-state index in [0.29, 0.717) is 0 Å². The molecule has 2 aliphatic carbocycles. The molecular formula is C72H58N2. The van der Waals surface area contributed by atoms with E-state index in [0.717, 1.165) is 36.3 Å². The summed E-state index contributed by atoms with van der Waals surface area (Å²) in [5.41, 5.74) is 29.5. The molecule has 2 heteroatoms. The van der Waals surface area contributed by atoms with E-state index in [2.05, 4.69) is 274 Å². The lowest BCUT2D eigenvalue weighted by Gasteiger charge is -2.26. The van der Waals surface area contributed by atoms with Gasteiger partial charge in [0.05, 0.1) is 11.0 Å². The zero-order valence-corrected chi connectivity index (χ0v) is 42.6. The number of hydrogen-bond donors (Lipinski definition) is 0. The van der Waals surface area contributed by atoms with Gasteiger partial charge in [-0.1, -0.05) is 203 Å². The standard InChI is InChI=1S/C72H58N2/c1-5-7-22-55(18-6-2)74-68-30-14-13-24-67(68)72-62(26-17-31-69(72)74)51-34-39-57(40-35-51)73(56-37-32-50(33-38-56)49-20-9-8-10-21-49)58-41-43-61-54(46-58)45-53-44-52(36-42-60(53)61)63-25-15-28-65-66-29-16-27-64(71(66)48(4)70(63)65)59-23-12-11-19-47(59)3/h7-44,46,48H,5-6,45H2,1-4H3/b22-7-,55-18+. The third-order valence-electron chi connectivity index (χ3n) is 15.8. The molecule has 1 aromatic heterocycles. The van der Waals surface area contributed by atoms with Gasteiger partial charge in [0.1, 0.15) is 0 Å². The summed E-state index contributed by atoms with van der Waals surface area (Å²) >= 11 is 0. The number of allylic oxidation sites excluding steroid dienone is 4. The van der Waals surface area contributed by atoms with E-state index in [1.54, 1.807) is 0 Å². The third-order valence-corrected chi connectivity index (χ3v) is 15.8. The van der Waals surface area contributed by atoms with Crippen molar-refractivity contribution < 1.29 is 0 Å². The third kappa shape index (κ3) is 7.55. The van der Waals surface area contributed by atoms with Crippen LogP contribution < -0.4 is 4.90 Å². The van der Waals surface area contributed by atoms with E-state index in [-0.39, 0.29) is 5.92 Å². The van der Waals surface area contributed by atoms with Gasteiger partial charge in [0, 0.05) is 39.4 Å². The van der Waals surface area contributed by atoms with Crippen LogP contribution in [0.25, 0.3) is 94.3 Å². The maximum Gasteiger partial charge on any atom is 0.0547 e. The van der Waals surface area contributed by atoms with Gasteiger partial charge in [-0.05, 0) is 175 Å². The number of fused-ring (bicyclic) bond motifs is 9. The van der Waals surface area contributed by atoms with Gasteiger partial charge in [0.15, 0.2) is 0 Å². The van der Waals surface area contributed by atoms with Gasteiger partial charge in [-0.3, -0.25) is 0 Å². The number of rotatable bonds is 11. The van der Waals surface area contributed by atoms with Crippen LogP contribution in [0.1, 0.15) is 67.3 Å². The van der Waals surface area contributed by atoms with Crippen LogP contribution in [0.4, 0.5) is 17.1 Å². The largest absolute Gasteiger partial charge is 0.310 e. The predicted octanol–water partition coefficient (Wildman–Crippen LogP) is 20.2. The van der Waals surface area contributed by atoms with Crippen molar-refractivity contribution in [3.05, 3.63) is 264 Å². The summed E-state index contributed by atoms with van der Waals surface area (Å²) < 4.78 is 2.45. The Balaban J connectivity index is 0.864. The van der Waals surface area contributed by atoms with E-state index < -0.39 is 0 Å². The van der Waals surface area contributed by atoms with Crippen LogP contribution in [-0.2, 0) is 6.42 Å². The molecular weight excluding hydrogens is 893 g/mol. The molecule has 2 aliphatic rings. The normalized spacial score (nSPS) is 13.6. The fourth-order valence-corrected chi connectivity index (χ4v) is 12.4. The molecule has 0 bridgehead atoms.